The van der Waals surface area contributed by atoms with Gasteiger partial charge in [-0.2, -0.15) is 5.10 Å². The van der Waals surface area contributed by atoms with E-state index in [-0.39, 0.29) is 6.04 Å². The molecule has 80 valence electrons. The second-order valence-corrected chi connectivity index (χ2v) is 3.72. The van der Waals surface area contributed by atoms with Gasteiger partial charge in [-0.3, -0.25) is 4.68 Å². The topological polar surface area (TPSA) is 55.9 Å². The predicted molar refractivity (Wildman–Crippen MR) is 59.3 cm³/mol. The Morgan fingerprint density at radius 3 is 2.86 bits per heavy atom. The van der Waals surface area contributed by atoms with Crippen LogP contribution in [0.15, 0.2) is 6.07 Å². The monoisotopic (exact) mass is 196 g/mol. The Labute approximate surface area is 85.5 Å². The van der Waals surface area contributed by atoms with Crippen LogP contribution in [0.5, 0.6) is 0 Å². The predicted octanol–water partition coefficient (Wildman–Crippen LogP) is 1.27. The first kappa shape index (κ1) is 11.0. The van der Waals surface area contributed by atoms with E-state index in [0.29, 0.717) is 0 Å². The molecule has 0 aromatic carbocycles. The fourth-order valence-electron chi connectivity index (χ4n) is 1.48. The van der Waals surface area contributed by atoms with E-state index in [1.807, 2.05) is 24.7 Å². The van der Waals surface area contributed by atoms with Crippen molar-refractivity contribution in [3.63, 3.8) is 0 Å². The molecule has 1 atom stereocenters. The largest absolute Gasteiger partial charge is 0.369 e. The van der Waals surface area contributed by atoms with Gasteiger partial charge in [0.1, 0.15) is 5.82 Å². The Bertz CT molecular complexity index is 280. The normalized spacial score (nSPS) is 12.9. The third kappa shape index (κ3) is 3.03. The van der Waals surface area contributed by atoms with Gasteiger partial charge in [0.2, 0.25) is 0 Å². The van der Waals surface area contributed by atoms with E-state index >= 15 is 0 Å². The molecule has 4 heteroatoms. The lowest BCUT2D eigenvalue weighted by Gasteiger charge is -2.12. The number of rotatable bonds is 5. The van der Waals surface area contributed by atoms with Crippen molar-refractivity contribution in [2.75, 3.05) is 11.9 Å². The van der Waals surface area contributed by atoms with E-state index < -0.39 is 0 Å². The van der Waals surface area contributed by atoms with Crippen LogP contribution in [0.4, 0.5) is 5.82 Å². The van der Waals surface area contributed by atoms with Crippen LogP contribution in [-0.4, -0.2) is 22.4 Å². The number of hydrogen-bond donors (Lipinski definition) is 2. The van der Waals surface area contributed by atoms with Crippen molar-refractivity contribution in [1.29, 1.82) is 0 Å². The van der Waals surface area contributed by atoms with Gasteiger partial charge in [-0.05, 0) is 13.3 Å². The Balaban J connectivity index is 2.41. The van der Waals surface area contributed by atoms with Gasteiger partial charge < -0.3 is 11.1 Å². The summed E-state index contributed by atoms with van der Waals surface area (Å²) in [7, 11) is 1.93. The molecule has 0 saturated carbocycles. The van der Waals surface area contributed by atoms with E-state index in [0.717, 1.165) is 30.9 Å². The number of hydrogen-bond acceptors (Lipinski definition) is 3. The summed E-state index contributed by atoms with van der Waals surface area (Å²) in [4.78, 5) is 0. The highest BCUT2D eigenvalue weighted by Gasteiger charge is 2.04. The lowest BCUT2D eigenvalue weighted by atomic mass is 10.2. The third-order valence-corrected chi connectivity index (χ3v) is 2.21. The van der Waals surface area contributed by atoms with Crippen LogP contribution in [0.25, 0.3) is 0 Å². The Kier molecular flexibility index (Phi) is 3.95. The highest BCUT2D eigenvalue weighted by atomic mass is 15.3. The molecule has 0 aliphatic rings. The van der Waals surface area contributed by atoms with Crippen LogP contribution in [0.1, 0.15) is 25.5 Å². The SMILES string of the molecule is CCCC(N)CNc1cc(C)nn1C. The maximum absolute atomic E-state index is 5.90. The molecule has 0 amide bonds. The summed E-state index contributed by atoms with van der Waals surface area (Å²) in [5.41, 5.74) is 6.92. The summed E-state index contributed by atoms with van der Waals surface area (Å²) >= 11 is 0. The van der Waals surface area contributed by atoms with Gasteiger partial charge in [0.05, 0.1) is 5.69 Å². The molecule has 4 nitrogen and oxygen atoms in total. The fourth-order valence-corrected chi connectivity index (χ4v) is 1.48. The Morgan fingerprint density at radius 1 is 1.64 bits per heavy atom. The first-order valence-electron chi connectivity index (χ1n) is 5.13. The van der Waals surface area contributed by atoms with Gasteiger partial charge in [0.25, 0.3) is 0 Å². The molecule has 0 fully saturated rings. The molecule has 1 heterocycles. The van der Waals surface area contributed by atoms with Crippen LogP contribution in [0.2, 0.25) is 0 Å². The lowest BCUT2D eigenvalue weighted by molar-refractivity contribution is 0.622. The highest BCUT2D eigenvalue weighted by molar-refractivity contribution is 5.36. The van der Waals surface area contributed by atoms with Crippen LogP contribution >= 0.6 is 0 Å². The first-order chi connectivity index (χ1) is 6.63. The van der Waals surface area contributed by atoms with Crippen molar-refractivity contribution in [2.24, 2.45) is 12.8 Å². The highest BCUT2D eigenvalue weighted by Crippen LogP contribution is 2.07. The number of aromatic nitrogens is 2. The minimum absolute atomic E-state index is 0.232. The molecule has 3 N–H and O–H groups in total. The zero-order valence-electron chi connectivity index (χ0n) is 9.25. The second-order valence-electron chi connectivity index (χ2n) is 3.72. The van der Waals surface area contributed by atoms with Gasteiger partial charge in [-0.25, -0.2) is 0 Å². The van der Waals surface area contributed by atoms with Gasteiger partial charge in [-0.1, -0.05) is 13.3 Å². The quantitative estimate of drug-likeness (QED) is 0.745. The molecule has 0 spiro atoms. The summed E-state index contributed by atoms with van der Waals surface area (Å²) in [6.45, 7) is 4.94. The molecule has 1 unspecified atom stereocenters. The van der Waals surface area contributed by atoms with Crippen molar-refractivity contribution >= 4 is 5.82 Å². The maximum atomic E-state index is 5.90. The Hall–Kier alpha value is -1.03. The van der Waals surface area contributed by atoms with Crippen molar-refractivity contribution < 1.29 is 0 Å². The summed E-state index contributed by atoms with van der Waals surface area (Å²) in [6, 6.07) is 2.26. The average molecular weight is 196 g/mol. The Morgan fingerprint density at radius 2 is 2.36 bits per heavy atom. The lowest BCUT2D eigenvalue weighted by Crippen LogP contribution is -2.29. The van der Waals surface area contributed by atoms with E-state index in [1.165, 1.54) is 0 Å². The number of nitrogens with two attached hydrogens (primary N) is 1. The smallest absolute Gasteiger partial charge is 0.124 e. The molecule has 1 rings (SSSR count). The van der Waals surface area contributed by atoms with Crippen LogP contribution in [-0.2, 0) is 7.05 Å². The van der Waals surface area contributed by atoms with Crippen molar-refractivity contribution in [3.05, 3.63) is 11.8 Å². The number of aryl methyl sites for hydroxylation is 2. The second kappa shape index (κ2) is 5.00. The van der Waals surface area contributed by atoms with E-state index in [4.69, 9.17) is 5.73 Å². The van der Waals surface area contributed by atoms with Gasteiger partial charge >= 0.3 is 0 Å². The zero-order chi connectivity index (χ0) is 10.6. The number of nitrogens with zero attached hydrogens (tertiary/aromatic N) is 2. The van der Waals surface area contributed by atoms with Crippen molar-refractivity contribution in [2.45, 2.75) is 32.7 Å². The van der Waals surface area contributed by atoms with Crippen LogP contribution in [0.3, 0.4) is 0 Å². The number of nitrogens with one attached hydrogen (secondary N) is 1. The minimum Gasteiger partial charge on any atom is -0.369 e. The first-order valence-corrected chi connectivity index (χ1v) is 5.13. The molecule has 0 saturated heterocycles. The molecule has 1 aromatic rings. The van der Waals surface area contributed by atoms with Gasteiger partial charge in [0.15, 0.2) is 0 Å². The van der Waals surface area contributed by atoms with E-state index in [9.17, 15) is 0 Å². The van der Waals surface area contributed by atoms with Crippen molar-refractivity contribution in [3.8, 4) is 0 Å². The molecule has 14 heavy (non-hydrogen) atoms. The van der Waals surface area contributed by atoms with Gasteiger partial charge in [-0.15, -0.1) is 0 Å². The van der Waals surface area contributed by atoms with Crippen molar-refractivity contribution in [1.82, 2.24) is 9.78 Å². The van der Waals surface area contributed by atoms with Crippen LogP contribution < -0.4 is 11.1 Å². The third-order valence-electron chi connectivity index (χ3n) is 2.21. The maximum Gasteiger partial charge on any atom is 0.124 e. The summed E-state index contributed by atoms with van der Waals surface area (Å²) in [6.07, 6.45) is 2.19. The average Bonchev–Trinajstić information content (AvgIpc) is 2.42. The summed E-state index contributed by atoms with van der Waals surface area (Å²) in [5, 5.41) is 7.54. The zero-order valence-corrected chi connectivity index (χ0v) is 9.25. The molecular formula is C10H20N4. The van der Waals surface area contributed by atoms with E-state index in [1.54, 1.807) is 0 Å². The van der Waals surface area contributed by atoms with E-state index in [2.05, 4.69) is 17.3 Å². The summed E-state index contributed by atoms with van der Waals surface area (Å²) in [5.74, 6) is 1.04. The molecule has 1 aromatic heterocycles. The minimum atomic E-state index is 0.232. The molecule has 0 aliphatic carbocycles. The molecule has 0 bridgehead atoms. The molecule has 0 aliphatic heterocycles. The molecule has 0 radical (unpaired) electrons. The fraction of sp³-hybridized carbons (Fsp3) is 0.700. The molecular weight excluding hydrogens is 176 g/mol. The van der Waals surface area contributed by atoms with Gasteiger partial charge in [0, 0.05) is 25.7 Å². The summed E-state index contributed by atoms with van der Waals surface area (Å²) < 4.78 is 1.84. The van der Waals surface area contributed by atoms with Crippen LogP contribution in [0, 0.1) is 6.92 Å². The number of anilines is 1. The standard InChI is InChI=1S/C10H20N4/c1-4-5-9(11)7-12-10-6-8(2)13-14(10)3/h6,9,12H,4-5,7,11H2,1-3H3.